The van der Waals surface area contributed by atoms with Gasteiger partial charge in [-0.05, 0) is 36.6 Å². The predicted molar refractivity (Wildman–Crippen MR) is 126 cm³/mol. The Morgan fingerprint density at radius 1 is 0.729 bits per heavy atom. The van der Waals surface area contributed by atoms with E-state index in [9.17, 15) is 75.0 Å². The number of aromatic nitrogens is 2. The van der Waals surface area contributed by atoms with Crippen molar-refractivity contribution in [2.45, 2.75) is 74.5 Å². The molecule has 0 bridgehead atoms. The summed E-state index contributed by atoms with van der Waals surface area (Å²) in [5.74, 6) is -18.0. The van der Waals surface area contributed by atoms with Crippen LogP contribution in [0.1, 0.15) is 20.3 Å². The van der Waals surface area contributed by atoms with Crippen molar-refractivity contribution in [3.05, 3.63) is 36.7 Å². The Labute approximate surface area is 262 Å². The van der Waals surface area contributed by atoms with Gasteiger partial charge in [-0.1, -0.05) is 13.8 Å². The van der Waals surface area contributed by atoms with E-state index in [4.69, 9.17) is 16.3 Å². The Balaban J connectivity index is 2.12. The van der Waals surface area contributed by atoms with Crippen molar-refractivity contribution >= 4 is 17.6 Å². The van der Waals surface area contributed by atoms with E-state index in [-0.39, 0.29) is 23.1 Å². The molecule has 0 fully saturated rings. The third kappa shape index (κ3) is 9.01. The van der Waals surface area contributed by atoms with Crippen molar-refractivity contribution in [2.24, 2.45) is 5.92 Å². The SMILES string of the molecule is CC(C)C[C@H](Cl)C(=O)Oc1ccc(-c2ncc(OC(F)C(F)(F)OC(F)(F)C(F)(F)OC(F)(F)C(F)(F)C(F)(F)C(F)(F)F)cn2)cc1. The van der Waals surface area contributed by atoms with Crippen LogP contribution in [0.2, 0.25) is 0 Å². The average Bonchev–Trinajstić information content (AvgIpc) is 2.91. The molecule has 272 valence electrons. The van der Waals surface area contributed by atoms with E-state index < -0.39 is 65.9 Å². The minimum atomic E-state index is -8.03. The van der Waals surface area contributed by atoms with Crippen LogP contribution >= 0.6 is 11.6 Å². The van der Waals surface area contributed by atoms with E-state index in [2.05, 4.69) is 19.4 Å². The van der Waals surface area contributed by atoms with Crippen LogP contribution in [0.25, 0.3) is 11.4 Å². The van der Waals surface area contributed by atoms with Crippen molar-refractivity contribution in [3.8, 4) is 22.9 Å². The molecule has 0 saturated carbocycles. The molecule has 2 aromatic rings. The maximum atomic E-state index is 14.0. The lowest BCUT2D eigenvalue weighted by molar-refractivity contribution is -0.547. The van der Waals surface area contributed by atoms with Crippen molar-refractivity contribution in [3.63, 3.8) is 0 Å². The first-order valence-corrected chi connectivity index (χ1v) is 12.7. The van der Waals surface area contributed by atoms with Crippen LogP contribution in [0.4, 0.5) is 70.2 Å². The first-order valence-electron chi connectivity index (χ1n) is 12.3. The summed E-state index contributed by atoms with van der Waals surface area (Å²) in [7, 11) is 0. The lowest BCUT2D eigenvalue weighted by Gasteiger charge is -2.36. The average molecular weight is 753 g/mol. The lowest BCUT2D eigenvalue weighted by atomic mass is 10.1. The Kier molecular flexibility index (Phi) is 11.8. The van der Waals surface area contributed by atoms with E-state index in [1.807, 2.05) is 13.8 Å². The number of rotatable bonds is 15. The highest BCUT2D eigenvalue weighted by atomic mass is 35.5. The number of hydrogen-bond donors (Lipinski definition) is 0. The normalized spacial score (nSPS) is 15.3. The second-order valence-corrected chi connectivity index (χ2v) is 10.2. The molecule has 48 heavy (non-hydrogen) atoms. The van der Waals surface area contributed by atoms with Crippen LogP contribution in [0.3, 0.4) is 0 Å². The molecule has 0 aliphatic carbocycles. The highest BCUT2D eigenvalue weighted by Crippen LogP contribution is 2.56. The van der Waals surface area contributed by atoms with E-state index in [0.29, 0.717) is 18.8 Å². The van der Waals surface area contributed by atoms with Crippen LogP contribution < -0.4 is 9.47 Å². The van der Waals surface area contributed by atoms with Crippen molar-refractivity contribution in [2.75, 3.05) is 0 Å². The van der Waals surface area contributed by atoms with E-state index in [0.717, 1.165) is 0 Å². The highest BCUT2D eigenvalue weighted by molar-refractivity contribution is 6.30. The van der Waals surface area contributed by atoms with Crippen molar-refractivity contribution in [1.82, 2.24) is 9.97 Å². The molecule has 2 rings (SSSR count). The van der Waals surface area contributed by atoms with Crippen molar-refractivity contribution < 1.29 is 94.0 Å². The zero-order valence-corrected chi connectivity index (χ0v) is 24.0. The summed E-state index contributed by atoms with van der Waals surface area (Å²) in [6.45, 7) is 3.62. The molecule has 0 spiro atoms. The number of carbonyl (C=O) groups excluding carboxylic acids is 1. The van der Waals surface area contributed by atoms with Gasteiger partial charge in [-0.2, -0.15) is 70.2 Å². The molecule has 7 nitrogen and oxygen atoms in total. The van der Waals surface area contributed by atoms with E-state index in [1.165, 1.54) is 29.0 Å². The molecule has 1 aromatic heterocycles. The second kappa shape index (κ2) is 13.9. The van der Waals surface area contributed by atoms with Gasteiger partial charge in [0.15, 0.2) is 11.6 Å². The number of benzene rings is 1. The monoisotopic (exact) mass is 752 g/mol. The van der Waals surface area contributed by atoms with E-state index >= 15 is 0 Å². The first kappa shape index (κ1) is 40.8. The van der Waals surface area contributed by atoms with Gasteiger partial charge in [0.1, 0.15) is 11.1 Å². The van der Waals surface area contributed by atoms with E-state index in [1.54, 1.807) is 0 Å². The fourth-order valence-electron chi connectivity index (χ4n) is 3.00. The number of hydrogen-bond acceptors (Lipinski definition) is 7. The molecule has 0 radical (unpaired) electrons. The zero-order chi connectivity index (χ0) is 37.3. The summed E-state index contributed by atoms with van der Waals surface area (Å²) in [6.07, 6.45) is -40.1. The second-order valence-electron chi connectivity index (χ2n) is 9.68. The number of esters is 1. The topological polar surface area (TPSA) is 79.8 Å². The molecule has 2 atom stereocenters. The maximum absolute atomic E-state index is 14.0. The standard InChI is InChI=1S/C24H17ClF16N2O5/c1-10(2)7-14(25)16(44)45-12-5-3-11(4-6-12)15-42-8-13(9-43-15)46-17(26)18(27,28)47-23(38,39)24(40,41)48-22(36,37)20(31,32)19(29,30)21(33,34)35/h3-6,8-10,14,17H,7H2,1-2H3/t14-,17?/m0/s1. The minimum absolute atomic E-state index is 0.0186. The largest absolute Gasteiger partial charge is 0.460 e. The number of ether oxygens (including phenoxy) is 4. The fraction of sp³-hybridized carbons (Fsp3) is 0.542. The summed E-state index contributed by atoms with van der Waals surface area (Å²) < 4.78 is 223. The molecule has 24 heteroatoms. The molecule has 0 saturated heterocycles. The lowest BCUT2D eigenvalue weighted by Crippen LogP contribution is -2.64. The number of alkyl halides is 17. The van der Waals surface area contributed by atoms with Gasteiger partial charge in [-0.15, -0.1) is 11.6 Å². The fourth-order valence-corrected chi connectivity index (χ4v) is 3.40. The molecule has 0 aliphatic rings. The van der Waals surface area contributed by atoms with Gasteiger partial charge in [0, 0.05) is 5.56 Å². The predicted octanol–water partition coefficient (Wildman–Crippen LogP) is 8.61. The first-order chi connectivity index (χ1) is 21.5. The van der Waals surface area contributed by atoms with Crippen LogP contribution in [0.5, 0.6) is 11.5 Å². The van der Waals surface area contributed by atoms with Gasteiger partial charge < -0.3 is 9.47 Å². The van der Waals surface area contributed by atoms with Gasteiger partial charge >= 0.3 is 54.8 Å². The zero-order valence-electron chi connectivity index (χ0n) is 23.3. The summed E-state index contributed by atoms with van der Waals surface area (Å²) in [5.41, 5.74) is 0.133. The van der Waals surface area contributed by atoms with Crippen LogP contribution in [-0.4, -0.2) is 70.1 Å². The molecular formula is C24H17ClF16N2O5. The summed E-state index contributed by atoms with van der Waals surface area (Å²) in [4.78, 5) is 19.1. The Hall–Kier alpha value is -3.34. The maximum Gasteiger partial charge on any atom is 0.460 e. The molecule has 1 heterocycles. The number of nitrogens with zero attached hydrogens (tertiary/aromatic N) is 2. The number of carbonyl (C=O) groups is 1. The third-order valence-electron chi connectivity index (χ3n) is 5.37. The summed E-state index contributed by atoms with van der Waals surface area (Å²) in [6, 6.07) is 5.01. The summed E-state index contributed by atoms with van der Waals surface area (Å²) >= 11 is 5.93. The molecule has 0 aliphatic heterocycles. The van der Waals surface area contributed by atoms with Gasteiger partial charge in [-0.3, -0.25) is 4.79 Å². The van der Waals surface area contributed by atoms with Crippen LogP contribution in [0.15, 0.2) is 36.7 Å². The third-order valence-corrected chi connectivity index (χ3v) is 5.73. The molecule has 0 amide bonds. The molecule has 0 N–H and O–H groups in total. The molecule has 1 unspecified atom stereocenters. The van der Waals surface area contributed by atoms with Gasteiger partial charge in [0.25, 0.3) is 0 Å². The Morgan fingerprint density at radius 3 is 1.67 bits per heavy atom. The smallest absolute Gasteiger partial charge is 0.449 e. The van der Waals surface area contributed by atoms with Gasteiger partial charge in [0.05, 0.1) is 12.4 Å². The Bertz CT molecular complexity index is 1390. The minimum Gasteiger partial charge on any atom is -0.449 e. The highest BCUT2D eigenvalue weighted by Gasteiger charge is 2.85. The van der Waals surface area contributed by atoms with Crippen LogP contribution in [-0.2, 0) is 14.3 Å². The molecule has 1 aromatic carbocycles. The summed E-state index contributed by atoms with van der Waals surface area (Å²) in [5, 5.41) is -0.959. The quantitative estimate of drug-likeness (QED) is 0.0781. The van der Waals surface area contributed by atoms with Crippen LogP contribution in [0, 0.1) is 5.92 Å². The van der Waals surface area contributed by atoms with Gasteiger partial charge in [-0.25, -0.2) is 19.4 Å². The van der Waals surface area contributed by atoms with Gasteiger partial charge in [0.2, 0.25) is 0 Å². The molecular weight excluding hydrogens is 736 g/mol. The number of halogens is 17. The Morgan fingerprint density at radius 2 is 1.21 bits per heavy atom. The van der Waals surface area contributed by atoms with Crippen molar-refractivity contribution in [1.29, 1.82) is 0 Å².